The zero-order valence-electron chi connectivity index (χ0n) is 27.8. The fraction of sp³-hybridized carbons (Fsp3) is 0.618. The van der Waals surface area contributed by atoms with Crippen molar-refractivity contribution in [2.45, 2.75) is 116 Å². The Kier molecular flexibility index (Phi) is 11.8. The molecular weight excluding hydrogens is 608 g/mol. The standard InChI is InChI=1S/C34H48N4O7S/c1-7-27(39)44-24-16-11-15-23(19-24)29(40)25-20-46-31(35-25)26-17-12-18-38(26)32(42)28(22-13-9-8-10-14-22)36-30(41)21(2)37(6)33(43)45-34(3,4)5/h11,15-16,19-22,26-28,39H,7-10,12-14,17-18H2,1-6H3,(H,36,41)/t21-,26-,27-,28-/m0/s1. The Balaban J connectivity index is 1.50. The van der Waals surface area contributed by atoms with Crippen molar-refractivity contribution in [3.63, 3.8) is 0 Å². The number of amides is 3. The third kappa shape index (κ3) is 8.85. The molecule has 2 fully saturated rings. The van der Waals surface area contributed by atoms with E-state index in [0.29, 0.717) is 35.7 Å². The molecule has 0 radical (unpaired) electrons. The second-order valence-electron chi connectivity index (χ2n) is 13.2. The first kappa shape index (κ1) is 35.3. The number of aromatic nitrogens is 1. The van der Waals surface area contributed by atoms with Gasteiger partial charge in [-0.3, -0.25) is 19.3 Å². The van der Waals surface area contributed by atoms with Crippen molar-refractivity contribution in [3.8, 4) is 5.75 Å². The highest BCUT2D eigenvalue weighted by molar-refractivity contribution is 7.10. The van der Waals surface area contributed by atoms with Crippen LogP contribution < -0.4 is 10.1 Å². The Hall–Kier alpha value is -3.51. The van der Waals surface area contributed by atoms with E-state index in [9.17, 15) is 24.3 Å². The SMILES string of the molecule is CC[C@@H](O)Oc1cccc(C(=O)c2csc([C@@H]3CCCN3C(=O)[C@@H](NC(=O)[C@H](C)N(C)C(=O)OC(C)(C)C)C3CCCCC3)n2)c1. The molecule has 2 heterocycles. The average Bonchev–Trinajstić information content (AvgIpc) is 3.72. The zero-order valence-corrected chi connectivity index (χ0v) is 28.6. The van der Waals surface area contributed by atoms with Crippen molar-refractivity contribution in [1.29, 1.82) is 0 Å². The summed E-state index contributed by atoms with van der Waals surface area (Å²) in [4.78, 5) is 61.5. The summed E-state index contributed by atoms with van der Waals surface area (Å²) in [5, 5.41) is 15.2. The molecule has 1 aliphatic carbocycles. The molecule has 252 valence electrons. The molecule has 1 saturated carbocycles. The molecule has 3 amide bonds. The minimum atomic E-state index is -0.960. The molecule has 0 spiro atoms. The lowest BCUT2D eigenvalue weighted by Gasteiger charge is -2.36. The van der Waals surface area contributed by atoms with Crippen LogP contribution in [0.1, 0.15) is 113 Å². The van der Waals surface area contributed by atoms with Crippen LogP contribution in [0.3, 0.4) is 0 Å². The lowest BCUT2D eigenvalue weighted by Crippen LogP contribution is -2.56. The molecular formula is C34H48N4O7S. The monoisotopic (exact) mass is 656 g/mol. The van der Waals surface area contributed by atoms with Crippen LogP contribution in [-0.2, 0) is 14.3 Å². The minimum absolute atomic E-state index is 0.0142. The van der Waals surface area contributed by atoms with Crippen LogP contribution in [0.2, 0.25) is 0 Å². The first-order valence-electron chi connectivity index (χ1n) is 16.3. The number of ether oxygens (including phenoxy) is 2. The van der Waals surface area contributed by atoms with Gasteiger partial charge in [-0.2, -0.15) is 0 Å². The van der Waals surface area contributed by atoms with Gasteiger partial charge in [0, 0.05) is 31.0 Å². The van der Waals surface area contributed by atoms with E-state index < -0.39 is 36.0 Å². The number of benzene rings is 1. The van der Waals surface area contributed by atoms with Gasteiger partial charge in [0.1, 0.15) is 34.1 Å². The molecule has 2 aliphatic rings. The molecule has 2 aromatic rings. The van der Waals surface area contributed by atoms with E-state index in [1.54, 1.807) is 69.2 Å². The number of aliphatic hydroxyl groups is 1. The normalized spacial score (nSPS) is 19.2. The Morgan fingerprint density at radius 1 is 1.13 bits per heavy atom. The number of likely N-dealkylation sites (N-methyl/N-ethyl adjacent to an activating group) is 1. The predicted octanol–water partition coefficient (Wildman–Crippen LogP) is 5.47. The van der Waals surface area contributed by atoms with Gasteiger partial charge in [-0.05, 0) is 71.4 Å². The van der Waals surface area contributed by atoms with E-state index in [2.05, 4.69) is 10.3 Å². The molecule has 0 unspecified atom stereocenters. The molecule has 2 N–H and O–H groups in total. The fourth-order valence-electron chi connectivity index (χ4n) is 5.90. The van der Waals surface area contributed by atoms with E-state index in [1.165, 1.54) is 23.3 Å². The Morgan fingerprint density at radius 3 is 2.52 bits per heavy atom. The summed E-state index contributed by atoms with van der Waals surface area (Å²) < 4.78 is 10.9. The molecule has 1 aliphatic heterocycles. The van der Waals surface area contributed by atoms with Crippen molar-refractivity contribution < 1.29 is 33.8 Å². The lowest BCUT2D eigenvalue weighted by molar-refractivity contribution is -0.140. The van der Waals surface area contributed by atoms with Crippen LogP contribution in [0.5, 0.6) is 5.75 Å². The molecule has 4 rings (SSSR count). The van der Waals surface area contributed by atoms with Crippen LogP contribution in [0.4, 0.5) is 4.79 Å². The van der Waals surface area contributed by atoms with Gasteiger partial charge >= 0.3 is 6.09 Å². The third-order valence-corrected chi connectivity index (χ3v) is 9.57. The van der Waals surface area contributed by atoms with Crippen molar-refractivity contribution in [2.75, 3.05) is 13.6 Å². The van der Waals surface area contributed by atoms with E-state index in [-0.39, 0.29) is 29.3 Å². The van der Waals surface area contributed by atoms with Gasteiger partial charge in [-0.25, -0.2) is 9.78 Å². The quantitative estimate of drug-likeness (QED) is 0.240. The van der Waals surface area contributed by atoms with Gasteiger partial charge in [0.2, 0.25) is 17.6 Å². The van der Waals surface area contributed by atoms with Crippen LogP contribution >= 0.6 is 11.3 Å². The fourth-order valence-corrected chi connectivity index (χ4v) is 6.85. The van der Waals surface area contributed by atoms with E-state index >= 15 is 0 Å². The second-order valence-corrected chi connectivity index (χ2v) is 14.1. The summed E-state index contributed by atoms with van der Waals surface area (Å²) in [6, 6.07) is 4.76. The van der Waals surface area contributed by atoms with Crippen molar-refractivity contribution in [3.05, 3.63) is 45.9 Å². The van der Waals surface area contributed by atoms with E-state index in [1.807, 2.05) is 0 Å². The van der Waals surface area contributed by atoms with Gasteiger partial charge in [0.05, 0.1) is 6.04 Å². The van der Waals surface area contributed by atoms with Crippen LogP contribution in [0, 0.1) is 5.92 Å². The highest BCUT2D eigenvalue weighted by Gasteiger charge is 2.41. The summed E-state index contributed by atoms with van der Waals surface area (Å²) in [6.07, 6.45) is 5.07. The van der Waals surface area contributed by atoms with Crippen molar-refractivity contribution >= 4 is 35.0 Å². The van der Waals surface area contributed by atoms with Gasteiger partial charge < -0.3 is 24.8 Å². The first-order chi connectivity index (χ1) is 21.8. The summed E-state index contributed by atoms with van der Waals surface area (Å²) in [5.74, 6) is -0.458. The molecule has 12 heteroatoms. The number of rotatable bonds is 11. The predicted molar refractivity (Wildman–Crippen MR) is 175 cm³/mol. The Labute approximate surface area is 275 Å². The summed E-state index contributed by atoms with van der Waals surface area (Å²) >= 11 is 1.34. The molecule has 4 atom stereocenters. The summed E-state index contributed by atoms with van der Waals surface area (Å²) in [7, 11) is 1.52. The maximum Gasteiger partial charge on any atom is 0.410 e. The number of hydrogen-bond donors (Lipinski definition) is 2. The van der Waals surface area contributed by atoms with Crippen molar-refractivity contribution in [1.82, 2.24) is 20.1 Å². The van der Waals surface area contributed by atoms with Gasteiger partial charge in [0.25, 0.3) is 0 Å². The van der Waals surface area contributed by atoms with Crippen LogP contribution in [0.15, 0.2) is 29.6 Å². The maximum atomic E-state index is 14.3. The maximum absolute atomic E-state index is 14.3. The topological polar surface area (TPSA) is 138 Å². The third-order valence-electron chi connectivity index (χ3n) is 8.62. The molecule has 0 bridgehead atoms. The molecule has 1 aromatic heterocycles. The smallest absolute Gasteiger partial charge is 0.410 e. The number of ketones is 1. The number of hydrogen-bond acceptors (Lipinski definition) is 9. The largest absolute Gasteiger partial charge is 0.465 e. The zero-order chi connectivity index (χ0) is 33.6. The number of thiazole rings is 1. The van der Waals surface area contributed by atoms with Gasteiger partial charge in [-0.15, -0.1) is 11.3 Å². The number of likely N-dealkylation sites (tertiary alicyclic amines) is 1. The number of carbonyl (C=O) groups is 4. The highest BCUT2D eigenvalue weighted by Crippen LogP contribution is 2.37. The molecule has 1 saturated heterocycles. The lowest BCUT2D eigenvalue weighted by atomic mass is 9.83. The van der Waals surface area contributed by atoms with Gasteiger partial charge in [0.15, 0.2) is 6.29 Å². The van der Waals surface area contributed by atoms with Gasteiger partial charge in [-0.1, -0.05) is 38.3 Å². The minimum Gasteiger partial charge on any atom is -0.465 e. The van der Waals surface area contributed by atoms with Crippen LogP contribution in [0.25, 0.3) is 0 Å². The first-order valence-corrected chi connectivity index (χ1v) is 17.2. The number of nitrogens with one attached hydrogen (secondary N) is 1. The summed E-state index contributed by atoms with van der Waals surface area (Å²) in [6.45, 7) is 9.25. The van der Waals surface area contributed by atoms with E-state index in [0.717, 1.165) is 38.5 Å². The van der Waals surface area contributed by atoms with Crippen LogP contribution in [-0.4, -0.2) is 81.1 Å². The average molecular weight is 657 g/mol. The molecule has 11 nitrogen and oxygen atoms in total. The molecule has 1 aromatic carbocycles. The number of carbonyl (C=O) groups excluding carboxylic acids is 4. The van der Waals surface area contributed by atoms with E-state index in [4.69, 9.17) is 9.47 Å². The number of aliphatic hydroxyl groups excluding tert-OH is 1. The highest BCUT2D eigenvalue weighted by atomic mass is 32.1. The second kappa shape index (κ2) is 15.4. The summed E-state index contributed by atoms with van der Waals surface area (Å²) in [5.41, 5.74) is -0.0321. The Morgan fingerprint density at radius 2 is 1.85 bits per heavy atom. The number of nitrogens with zero attached hydrogens (tertiary/aromatic N) is 3. The Bertz CT molecular complexity index is 1380. The molecule has 46 heavy (non-hydrogen) atoms. The van der Waals surface area contributed by atoms with Crippen molar-refractivity contribution in [2.24, 2.45) is 5.92 Å².